The van der Waals surface area contributed by atoms with E-state index < -0.39 is 9.85 Å². The predicted molar refractivity (Wildman–Crippen MR) is 124 cm³/mol. The molecule has 2 aromatic carbocycles. The molecule has 2 aromatic rings. The van der Waals surface area contributed by atoms with Crippen LogP contribution in [0, 0.1) is 26.1 Å². The maximum Gasteiger partial charge on any atom is 0.276 e. The summed E-state index contributed by atoms with van der Waals surface area (Å²) in [5.74, 6) is -0.0163. The Balaban J connectivity index is 1.81. The van der Waals surface area contributed by atoms with Crippen LogP contribution in [0.2, 0.25) is 0 Å². The van der Waals surface area contributed by atoms with Gasteiger partial charge in [-0.25, -0.2) is 0 Å². The number of nitro groups is 2. The number of ketones is 1. The molecule has 0 saturated heterocycles. The van der Waals surface area contributed by atoms with Crippen molar-refractivity contribution in [2.75, 3.05) is 0 Å². The highest BCUT2D eigenvalue weighted by molar-refractivity contribution is 6.09. The van der Waals surface area contributed by atoms with E-state index in [0.717, 1.165) is 6.42 Å². The number of nitro benzene ring substituents is 2. The third-order valence-corrected chi connectivity index (χ3v) is 5.32. The maximum atomic E-state index is 13.0. The average molecular weight is 430 g/mol. The third-order valence-electron chi connectivity index (χ3n) is 5.32. The van der Waals surface area contributed by atoms with Crippen LogP contribution in [0.5, 0.6) is 0 Å². The van der Waals surface area contributed by atoms with Gasteiger partial charge in [0, 0.05) is 17.7 Å². The molecule has 0 unspecified atom stereocenters. The van der Waals surface area contributed by atoms with Crippen molar-refractivity contribution in [3.63, 3.8) is 0 Å². The second kappa shape index (κ2) is 10.3. The fourth-order valence-electron chi connectivity index (χ4n) is 3.56. The zero-order valence-electron chi connectivity index (χ0n) is 17.5. The summed E-state index contributed by atoms with van der Waals surface area (Å²) in [7, 11) is 0. The Morgan fingerprint density at radius 2 is 1.34 bits per heavy atom. The monoisotopic (exact) mass is 430 g/mol. The predicted octanol–water partition coefficient (Wildman–Crippen LogP) is 6.08. The molecule has 0 bridgehead atoms. The van der Waals surface area contributed by atoms with E-state index in [0.29, 0.717) is 28.7 Å². The van der Waals surface area contributed by atoms with Crippen LogP contribution in [0.25, 0.3) is 12.2 Å². The van der Waals surface area contributed by atoms with Crippen molar-refractivity contribution >= 4 is 29.3 Å². The molecular formula is C25H22N2O5. The lowest BCUT2D eigenvalue weighted by Gasteiger charge is -2.22. The Kier molecular flexibility index (Phi) is 7.23. The lowest BCUT2D eigenvalue weighted by Crippen LogP contribution is -2.19. The molecule has 1 atom stereocenters. The van der Waals surface area contributed by atoms with Crippen LogP contribution in [0.1, 0.15) is 30.9 Å². The highest BCUT2D eigenvalue weighted by Gasteiger charge is 2.25. The number of carbonyl (C=O) groups is 1. The number of para-hydroxylation sites is 2. The van der Waals surface area contributed by atoms with Gasteiger partial charge < -0.3 is 0 Å². The van der Waals surface area contributed by atoms with Gasteiger partial charge in [-0.2, -0.15) is 0 Å². The van der Waals surface area contributed by atoms with Gasteiger partial charge in [0.25, 0.3) is 11.4 Å². The van der Waals surface area contributed by atoms with E-state index in [1.165, 1.54) is 12.1 Å². The fourth-order valence-corrected chi connectivity index (χ4v) is 3.56. The minimum atomic E-state index is -0.440. The van der Waals surface area contributed by atoms with Crippen molar-refractivity contribution in [1.29, 1.82) is 0 Å². The normalized spacial score (nSPS) is 19.3. The summed E-state index contributed by atoms with van der Waals surface area (Å²) >= 11 is 0. The van der Waals surface area contributed by atoms with Gasteiger partial charge in [-0.05, 0) is 48.6 Å². The standard InChI is InChI=1S/C25H22N2O5/c1-18-16-17-21(12-6-10-19-8-2-4-14-23(19)26(29)30)25(28)22(18)13-7-11-20-9-3-5-15-24(20)27(31)32/h2-15,18H,16-17H2,1H3/b10-6+,11-7+,21-12+,22-13+/t18-/m1/s1. The second-order valence-electron chi connectivity index (χ2n) is 7.43. The molecule has 1 aliphatic rings. The third kappa shape index (κ3) is 5.31. The Hall–Kier alpha value is -4.13. The molecule has 0 heterocycles. The molecule has 1 saturated carbocycles. The van der Waals surface area contributed by atoms with Crippen LogP contribution in [-0.4, -0.2) is 15.6 Å². The van der Waals surface area contributed by atoms with E-state index >= 15 is 0 Å². The summed E-state index contributed by atoms with van der Waals surface area (Å²) in [5.41, 5.74) is 2.21. The Bertz CT molecular complexity index is 1170. The summed E-state index contributed by atoms with van der Waals surface area (Å²) in [4.78, 5) is 34.3. The van der Waals surface area contributed by atoms with Gasteiger partial charge in [-0.1, -0.05) is 55.5 Å². The topological polar surface area (TPSA) is 103 Å². The van der Waals surface area contributed by atoms with Crippen LogP contribution in [0.15, 0.2) is 84.0 Å². The Morgan fingerprint density at radius 3 is 1.88 bits per heavy atom. The van der Waals surface area contributed by atoms with Crippen molar-refractivity contribution in [2.45, 2.75) is 19.8 Å². The molecule has 0 amide bonds. The molecule has 1 aliphatic carbocycles. The highest BCUT2D eigenvalue weighted by atomic mass is 16.6. The largest absolute Gasteiger partial charge is 0.289 e. The van der Waals surface area contributed by atoms with Crippen molar-refractivity contribution < 1.29 is 14.6 Å². The highest BCUT2D eigenvalue weighted by Crippen LogP contribution is 2.30. The zero-order valence-corrected chi connectivity index (χ0v) is 17.5. The number of hydrogen-bond acceptors (Lipinski definition) is 5. The van der Waals surface area contributed by atoms with Crippen LogP contribution >= 0.6 is 0 Å². The quantitative estimate of drug-likeness (QED) is 0.314. The summed E-state index contributed by atoms with van der Waals surface area (Å²) < 4.78 is 0. The number of rotatable bonds is 6. The van der Waals surface area contributed by atoms with Crippen LogP contribution in [0.4, 0.5) is 11.4 Å². The molecule has 7 nitrogen and oxygen atoms in total. The van der Waals surface area contributed by atoms with Gasteiger partial charge in [0.15, 0.2) is 5.78 Å². The number of allylic oxidation sites excluding steroid dienone is 6. The first-order valence-electron chi connectivity index (χ1n) is 10.2. The van der Waals surface area contributed by atoms with Crippen molar-refractivity contribution in [2.24, 2.45) is 5.92 Å². The summed E-state index contributed by atoms with van der Waals surface area (Å²) in [5, 5.41) is 22.3. The molecular weight excluding hydrogens is 408 g/mol. The van der Waals surface area contributed by atoms with Gasteiger partial charge in [-0.15, -0.1) is 0 Å². The first-order chi connectivity index (χ1) is 15.4. The number of benzene rings is 2. The molecule has 0 aromatic heterocycles. The van der Waals surface area contributed by atoms with Gasteiger partial charge >= 0.3 is 0 Å². The summed E-state index contributed by atoms with van der Waals surface area (Å²) in [6, 6.07) is 12.8. The second-order valence-corrected chi connectivity index (χ2v) is 7.43. The maximum absolute atomic E-state index is 13.0. The molecule has 0 spiro atoms. The van der Waals surface area contributed by atoms with E-state index in [1.807, 2.05) is 6.92 Å². The Morgan fingerprint density at radius 1 is 0.844 bits per heavy atom. The van der Waals surface area contributed by atoms with Crippen molar-refractivity contribution in [1.82, 2.24) is 0 Å². The van der Waals surface area contributed by atoms with Crippen molar-refractivity contribution in [3.05, 3.63) is 115 Å². The smallest absolute Gasteiger partial charge is 0.276 e. The lowest BCUT2D eigenvalue weighted by molar-refractivity contribution is -0.385. The molecule has 0 N–H and O–H groups in total. The number of Topliss-reactive ketones (excluding diaryl/α,β-unsaturated/α-hetero) is 1. The molecule has 0 aliphatic heterocycles. The molecule has 32 heavy (non-hydrogen) atoms. The van der Waals surface area contributed by atoms with Crippen molar-refractivity contribution in [3.8, 4) is 0 Å². The summed E-state index contributed by atoms with van der Waals surface area (Å²) in [6.45, 7) is 1.97. The number of nitrogens with zero attached hydrogens (tertiary/aromatic N) is 2. The van der Waals surface area contributed by atoms with Crippen LogP contribution in [0.3, 0.4) is 0 Å². The number of carbonyl (C=O) groups excluding carboxylic acids is 1. The molecule has 162 valence electrons. The minimum Gasteiger partial charge on any atom is -0.289 e. The van der Waals surface area contributed by atoms with Gasteiger partial charge in [-0.3, -0.25) is 25.0 Å². The van der Waals surface area contributed by atoms with E-state index in [9.17, 15) is 25.0 Å². The molecule has 0 radical (unpaired) electrons. The van der Waals surface area contributed by atoms with E-state index in [1.54, 1.807) is 72.9 Å². The number of hydrogen-bond donors (Lipinski definition) is 0. The van der Waals surface area contributed by atoms with E-state index in [2.05, 4.69) is 0 Å². The fraction of sp³-hybridized carbons (Fsp3) is 0.160. The molecule has 7 heteroatoms. The summed E-state index contributed by atoms with van der Waals surface area (Å²) in [6.07, 6.45) is 11.4. The van der Waals surface area contributed by atoms with E-state index in [4.69, 9.17) is 0 Å². The van der Waals surface area contributed by atoms with Crippen LogP contribution in [-0.2, 0) is 4.79 Å². The minimum absolute atomic E-state index is 0.00546. The molecule has 3 rings (SSSR count). The van der Waals surface area contributed by atoms with Crippen LogP contribution < -0.4 is 0 Å². The average Bonchev–Trinajstić information content (AvgIpc) is 2.78. The first kappa shape index (κ1) is 22.6. The lowest BCUT2D eigenvalue weighted by atomic mass is 9.81. The zero-order chi connectivity index (χ0) is 23.1. The van der Waals surface area contributed by atoms with Gasteiger partial charge in [0.05, 0.1) is 21.0 Å². The SMILES string of the molecule is C[C@@H]1CC/C(=C\C=C\c2ccccc2[N+](=O)[O-])C(=O)/C1=C/C=C/c1ccccc1[N+](=O)[O-]. The van der Waals surface area contributed by atoms with Gasteiger partial charge in [0.1, 0.15) is 0 Å². The molecule has 1 fully saturated rings. The Labute approximate surface area is 185 Å². The first-order valence-corrected chi connectivity index (χ1v) is 10.2. The van der Waals surface area contributed by atoms with Gasteiger partial charge in [0.2, 0.25) is 0 Å². The van der Waals surface area contributed by atoms with E-state index in [-0.39, 0.29) is 23.1 Å².